The number of benzene rings is 1. The van der Waals surface area contributed by atoms with Crippen LogP contribution in [0.1, 0.15) is 0 Å². The van der Waals surface area contributed by atoms with Gasteiger partial charge in [0.1, 0.15) is 19.0 Å². The van der Waals surface area contributed by atoms with Crippen molar-refractivity contribution in [1.29, 1.82) is 0 Å². The zero-order chi connectivity index (χ0) is 13.5. The molecule has 1 aliphatic heterocycles. The number of nitrogens with zero attached hydrogens (tertiary/aromatic N) is 2. The lowest BCUT2D eigenvalue weighted by molar-refractivity contribution is 0.172. The largest absolute Gasteiger partial charge is 0.486 e. The molecule has 1 aromatic carbocycles. The van der Waals surface area contributed by atoms with Crippen LogP contribution in [0.15, 0.2) is 30.6 Å². The van der Waals surface area contributed by atoms with Gasteiger partial charge in [0, 0.05) is 30.1 Å². The van der Waals surface area contributed by atoms with Crippen molar-refractivity contribution in [2.45, 2.75) is 0 Å². The van der Waals surface area contributed by atoms with Gasteiger partial charge in [0.25, 0.3) is 0 Å². The molecule has 20 heavy (non-hydrogen) atoms. The van der Waals surface area contributed by atoms with Crippen LogP contribution >= 0.6 is 0 Å². The van der Waals surface area contributed by atoms with E-state index in [-0.39, 0.29) is 0 Å². The molecule has 0 bridgehead atoms. The number of nitrogens with two attached hydrogens (primary N) is 1. The summed E-state index contributed by atoms with van der Waals surface area (Å²) in [6.45, 7) is 1.13. The normalized spacial score (nSPS) is 13.6. The molecule has 100 valence electrons. The maximum atomic E-state index is 5.75. The van der Waals surface area contributed by atoms with E-state index in [0.717, 1.165) is 33.9 Å². The van der Waals surface area contributed by atoms with Crippen LogP contribution in [0.5, 0.6) is 11.5 Å². The number of nitrogen functional groups attached to an aromatic ring is 1. The number of fused-ring (bicyclic) bond motifs is 2. The molecule has 3 heterocycles. The molecular formula is C14H12N4O2. The van der Waals surface area contributed by atoms with Gasteiger partial charge >= 0.3 is 0 Å². The average Bonchev–Trinajstić information content (AvgIpc) is 2.87. The first-order valence-electron chi connectivity index (χ1n) is 6.30. The summed E-state index contributed by atoms with van der Waals surface area (Å²) in [4.78, 5) is 11.9. The number of rotatable bonds is 1. The Bertz CT molecular complexity index is 754. The van der Waals surface area contributed by atoms with Gasteiger partial charge < -0.3 is 20.2 Å². The summed E-state index contributed by atoms with van der Waals surface area (Å²) in [5, 5.41) is 0. The molecule has 3 aromatic rings. The average molecular weight is 268 g/mol. The van der Waals surface area contributed by atoms with E-state index in [1.54, 1.807) is 12.4 Å². The summed E-state index contributed by atoms with van der Waals surface area (Å²) in [6, 6.07) is 5.61. The highest BCUT2D eigenvalue weighted by molar-refractivity contribution is 5.83. The quantitative estimate of drug-likeness (QED) is 0.704. The van der Waals surface area contributed by atoms with Crippen LogP contribution in [0.4, 0.5) is 5.69 Å². The Kier molecular flexibility index (Phi) is 2.29. The third-order valence-corrected chi connectivity index (χ3v) is 3.18. The van der Waals surface area contributed by atoms with Gasteiger partial charge in [-0.15, -0.1) is 0 Å². The fourth-order valence-electron chi connectivity index (χ4n) is 2.27. The van der Waals surface area contributed by atoms with E-state index in [9.17, 15) is 0 Å². The van der Waals surface area contributed by atoms with Crippen molar-refractivity contribution in [2.24, 2.45) is 0 Å². The number of hydrogen-bond donors (Lipinski definition) is 2. The topological polar surface area (TPSA) is 86.1 Å². The summed E-state index contributed by atoms with van der Waals surface area (Å²) in [5.41, 5.74) is 8.92. The van der Waals surface area contributed by atoms with E-state index in [4.69, 9.17) is 15.2 Å². The lowest BCUT2D eigenvalue weighted by Crippen LogP contribution is -2.15. The minimum atomic E-state index is 0.564. The summed E-state index contributed by atoms with van der Waals surface area (Å²) in [5.74, 6) is 2.19. The third kappa shape index (κ3) is 1.73. The predicted octanol–water partition coefficient (Wildman–Crippen LogP) is 1.98. The molecule has 0 spiro atoms. The SMILES string of the molecule is Nc1cncc(-c2nc3cc4c(cc3[nH]2)OCCO4)c1. The maximum Gasteiger partial charge on any atom is 0.163 e. The van der Waals surface area contributed by atoms with Gasteiger partial charge in [-0.2, -0.15) is 0 Å². The number of aromatic amines is 1. The summed E-state index contributed by atoms with van der Waals surface area (Å²) in [6.07, 6.45) is 3.33. The number of anilines is 1. The number of hydrogen-bond acceptors (Lipinski definition) is 5. The highest BCUT2D eigenvalue weighted by Crippen LogP contribution is 2.34. The van der Waals surface area contributed by atoms with Crippen molar-refractivity contribution in [3.63, 3.8) is 0 Å². The Hall–Kier alpha value is -2.76. The molecule has 6 heteroatoms. The Balaban J connectivity index is 1.86. The first-order valence-corrected chi connectivity index (χ1v) is 6.30. The molecule has 0 unspecified atom stereocenters. The van der Waals surface area contributed by atoms with E-state index in [2.05, 4.69) is 15.0 Å². The monoisotopic (exact) mass is 268 g/mol. The molecule has 2 aromatic heterocycles. The molecule has 6 nitrogen and oxygen atoms in total. The number of aromatic nitrogens is 3. The molecule has 0 saturated carbocycles. The second-order valence-corrected chi connectivity index (χ2v) is 4.61. The molecule has 0 saturated heterocycles. The zero-order valence-corrected chi connectivity index (χ0v) is 10.6. The number of H-pyrrole nitrogens is 1. The molecule has 0 atom stereocenters. The zero-order valence-electron chi connectivity index (χ0n) is 10.6. The van der Waals surface area contributed by atoms with Crippen LogP contribution in [0.3, 0.4) is 0 Å². The molecule has 0 radical (unpaired) electrons. The van der Waals surface area contributed by atoms with Crippen LogP contribution in [0.2, 0.25) is 0 Å². The number of imidazole rings is 1. The van der Waals surface area contributed by atoms with Crippen LogP contribution in [0.25, 0.3) is 22.4 Å². The highest BCUT2D eigenvalue weighted by atomic mass is 16.6. The Morgan fingerprint density at radius 2 is 1.85 bits per heavy atom. The minimum absolute atomic E-state index is 0.564. The van der Waals surface area contributed by atoms with E-state index in [1.165, 1.54) is 0 Å². The molecule has 0 fully saturated rings. The van der Waals surface area contributed by atoms with E-state index < -0.39 is 0 Å². The Morgan fingerprint density at radius 1 is 1.05 bits per heavy atom. The Morgan fingerprint density at radius 3 is 2.65 bits per heavy atom. The first kappa shape index (κ1) is 11.1. The van der Waals surface area contributed by atoms with Gasteiger partial charge in [-0.1, -0.05) is 0 Å². The maximum absolute atomic E-state index is 5.75. The van der Waals surface area contributed by atoms with Gasteiger partial charge in [-0.25, -0.2) is 4.98 Å². The lowest BCUT2D eigenvalue weighted by atomic mass is 10.2. The van der Waals surface area contributed by atoms with Crippen molar-refractivity contribution in [3.05, 3.63) is 30.6 Å². The second kappa shape index (κ2) is 4.12. The Labute approximate surface area is 114 Å². The van der Waals surface area contributed by atoms with Crippen molar-refractivity contribution >= 4 is 16.7 Å². The number of ether oxygens (including phenoxy) is 2. The van der Waals surface area contributed by atoms with Crippen LogP contribution in [-0.2, 0) is 0 Å². The van der Waals surface area contributed by atoms with Gasteiger partial charge in [0.2, 0.25) is 0 Å². The molecule has 1 aliphatic rings. The summed E-state index contributed by atoms with van der Waals surface area (Å²) < 4.78 is 11.1. The van der Waals surface area contributed by atoms with Gasteiger partial charge in [0.05, 0.1) is 16.7 Å². The van der Waals surface area contributed by atoms with Crippen LogP contribution in [-0.4, -0.2) is 28.2 Å². The van der Waals surface area contributed by atoms with Crippen molar-refractivity contribution < 1.29 is 9.47 Å². The minimum Gasteiger partial charge on any atom is -0.486 e. The van der Waals surface area contributed by atoms with E-state index in [1.807, 2.05) is 18.2 Å². The third-order valence-electron chi connectivity index (χ3n) is 3.18. The molecule has 4 rings (SSSR count). The van der Waals surface area contributed by atoms with Gasteiger partial charge in [-0.3, -0.25) is 4.98 Å². The van der Waals surface area contributed by atoms with Crippen molar-refractivity contribution in [1.82, 2.24) is 15.0 Å². The van der Waals surface area contributed by atoms with Crippen LogP contribution < -0.4 is 15.2 Å². The molecule has 0 aliphatic carbocycles. The van der Waals surface area contributed by atoms with E-state index in [0.29, 0.717) is 18.9 Å². The first-order chi connectivity index (χ1) is 9.79. The molecular weight excluding hydrogens is 256 g/mol. The fourth-order valence-corrected chi connectivity index (χ4v) is 2.27. The molecule has 0 amide bonds. The van der Waals surface area contributed by atoms with Crippen LogP contribution in [0, 0.1) is 0 Å². The number of nitrogens with one attached hydrogen (secondary N) is 1. The van der Waals surface area contributed by atoms with Gasteiger partial charge in [-0.05, 0) is 6.07 Å². The second-order valence-electron chi connectivity index (χ2n) is 4.61. The lowest BCUT2D eigenvalue weighted by Gasteiger charge is -2.17. The van der Waals surface area contributed by atoms with E-state index >= 15 is 0 Å². The summed E-state index contributed by atoms with van der Waals surface area (Å²) in [7, 11) is 0. The standard InChI is InChI=1S/C14H12N4O2/c15-9-3-8(6-16-7-9)14-17-10-4-12-13(5-11(10)18-14)20-2-1-19-12/h3-7H,1-2,15H2,(H,17,18). The van der Waals surface area contributed by atoms with Crippen molar-refractivity contribution in [3.8, 4) is 22.9 Å². The van der Waals surface area contributed by atoms with Gasteiger partial charge in [0.15, 0.2) is 11.5 Å². The van der Waals surface area contributed by atoms with Crippen molar-refractivity contribution in [2.75, 3.05) is 18.9 Å². The number of pyridine rings is 1. The summed E-state index contributed by atoms with van der Waals surface area (Å²) >= 11 is 0. The highest BCUT2D eigenvalue weighted by Gasteiger charge is 2.15. The predicted molar refractivity (Wildman–Crippen MR) is 74.7 cm³/mol. The smallest absolute Gasteiger partial charge is 0.163 e. The molecule has 3 N–H and O–H groups in total. The fraction of sp³-hybridized carbons (Fsp3) is 0.143.